The standard InChI is InChI=1S/C20H21N3O2/c1-12(2)14-6-16-18(22-8-14)11-23(20(16)24)10-13(3)15-7-19-17(21-9-15)4-5-25-19/h4-9,12-13H,10-11H2,1-3H3. The Kier molecular flexibility index (Phi) is 3.79. The minimum atomic E-state index is 0.0730. The molecule has 5 heteroatoms. The minimum absolute atomic E-state index is 0.0730. The average Bonchev–Trinajstić information content (AvgIpc) is 3.19. The van der Waals surface area contributed by atoms with Gasteiger partial charge in [-0.2, -0.15) is 0 Å². The summed E-state index contributed by atoms with van der Waals surface area (Å²) in [5, 5.41) is 0. The molecule has 1 unspecified atom stereocenters. The smallest absolute Gasteiger partial charge is 0.256 e. The fourth-order valence-electron chi connectivity index (χ4n) is 3.27. The molecular formula is C20H21N3O2. The Morgan fingerprint density at radius 2 is 1.96 bits per heavy atom. The number of pyridine rings is 2. The summed E-state index contributed by atoms with van der Waals surface area (Å²) in [4.78, 5) is 23.6. The summed E-state index contributed by atoms with van der Waals surface area (Å²) >= 11 is 0. The zero-order valence-electron chi connectivity index (χ0n) is 14.7. The molecule has 0 N–H and O–H groups in total. The van der Waals surface area contributed by atoms with Crippen molar-refractivity contribution in [3.8, 4) is 0 Å². The highest BCUT2D eigenvalue weighted by Gasteiger charge is 2.30. The Hall–Kier alpha value is -2.69. The van der Waals surface area contributed by atoms with Gasteiger partial charge in [-0.15, -0.1) is 0 Å². The first-order valence-corrected chi connectivity index (χ1v) is 8.64. The van der Waals surface area contributed by atoms with Crippen LogP contribution in [-0.4, -0.2) is 27.3 Å². The van der Waals surface area contributed by atoms with Crippen LogP contribution in [-0.2, 0) is 6.54 Å². The van der Waals surface area contributed by atoms with Crippen molar-refractivity contribution in [2.24, 2.45) is 0 Å². The number of carbonyl (C=O) groups is 1. The normalized spacial score (nSPS) is 15.2. The summed E-state index contributed by atoms with van der Waals surface area (Å²) in [7, 11) is 0. The number of fused-ring (bicyclic) bond motifs is 2. The van der Waals surface area contributed by atoms with Gasteiger partial charge in [-0.1, -0.05) is 20.8 Å². The second-order valence-corrected chi connectivity index (χ2v) is 7.08. The summed E-state index contributed by atoms with van der Waals surface area (Å²) in [6.45, 7) is 7.54. The van der Waals surface area contributed by atoms with Crippen molar-refractivity contribution in [3.63, 3.8) is 0 Å². The highest BCUT2D eigenvalue weighted by Crippen LogP contribution is 2.28. The lowest BCUT2D eigenvalue weighted by atomic mass is 10.0. The number of carbonyl (C=O) groups excluding carboxylic acids is 1. The molecule has 0 radical (unpaired) electrons. The van der Waals surface area contributed by atoms with Crippen molar-refractivity contribution in [1.82, 2.24) is 14.9 Å². The molecule has 0 bridgehead atoms. The van der Waals surface area contributed by atoms with E-state index in [1.54, 1.807) is 6.26 Å². The SMILES string of the molecule is CC(C)c1cnc2c(c1)C(=O)N(CC(C)c1cnc3ccoc3c1)C2. The van der Waals surface area contributed by atoms with E-state index < -0.39 is 0 Å². The summed E-state index contributed by atoms with van der Waals surface area (Å²) in [6.07, 6.45) is 5.40. The fourth-order valence-corrected chi connectivity index (χ4v) is 3.27. The lowest BCUT2D eigenvalue weighted by molar-refractivity contribution is 0.0770. The Balaban J connectivity index is 1.53. The van der Waals surface area contributed by atoms with Gasteiger partial charge in [0.2, 0.25) is 0 Å². The fraction of sp³-hybridized carbons (Fsp3) is 0.350. The number of hydrogen-bond donors (Lipinski definition) is 0. The first-order valence-electron chi connectivity index (χ1n) is 8.64. The molecule has 128 valence electrons. The topological polar surface area (TPSA) is 59.2 Å². The zero-order chi connectivity index (χ0) is 17.6. The second-order valence-electron chi connectivity index (χ2n) is 7.08. The molecule has 5 nitrogen and oxygen atoms in total. The lowest BCUT2D eigenvalue weighted by Crippen LogP contribution is -2.28. The van der Waals surface area contributed by atoms with E-state index in [1.165, 1.54) is 0 Å². The molecular weight excluding hydrogens is 314 g/mol. The van der Waals surface area contributed by atoms with Crippen molar-refractivity contribution in [2.45, 2.75) is 39.2 Å². The maximum atomic E-state index is 12.8. The van der Waals surface area contributed by atoms with E-state index >= 15 is 0 Å². The third-order valence-corrected chi connectivity index (χ3v) is 4.90. The van der Waals surface area contributed by atoms with Crippen LogP contribution in [0.15, 0.2) is 41.3 Å². The Morgan fingerprint density at radius 1 is 1.16 bits per heavy atom. The van der Waals surface area contributed by atoms with Crippen LogP contribution >= 0.6 is 0 Å². The van der Waals surface area contributed by atoms with Crippen LogP contribution in [0, 0.1) is 0 Å². The molecule has 0 aromatic carbocycles. The Bertz CT molecular complexity index is 945. The quantitative estimate of drug-likeness (QED) is 0.720. The predicted octanol–water partition coefficient (Wildman–Crippen LogP) is 4.11. The van der Waals surface area contributed by atoms with E-state index in [1.807, 2.05) is 35.5 Å². The van der Waals surface area contributed by atoms with E-state index in [-0.39, 0.29) is 11.8 Å². The first-order chi connectivity index (χ1) is 12.0. The molecule has 3 aromatic rings. The highest BCUT2D eigenvalue weighted by molar-refractivity contribution is 5.98. The number of rotatable bonds is 4. The molecule has 1 aliphatic heterocycles. The van der Waals surface area contributed by atoms with Crippen LogP contribution in [0.4, 0.5) is 0 Å². The largest absolute Gasteiger partial charge is 0.463 e. The van der Waals surface area contributed by atoms with Crippen molar-refractivity contribution in [1.29, 1.82) is 0 Å². The summed E-state index contributed by atoms with van der Waals surface area (Å²) in [5.41, 5.74) is 5.44. The molecule has 4 rings (SSSR count). The highest BCUT2D eigenvalue weighted by atomic mass is 16.3. The van der Waals surface area contributed by atoms with Crippen LogP contribution < -0.4 is 0 Å². The van der Waals surface area contributed by atoms with E-state index in [9.17, 15) is 4.79 Å². The third-order valence-electron chi connectivity index (χ3n) is 4.90. The molecule has 1 atom stereocenters. The molecule has 4 heterocycles. The Labute approximate surface area is 146 Å². The van der Waals surface area contributed by atoms with Gasteiger partial charge >= 0.3 is 0 Å². The number of aromatic nitrogens is 2. The number of furan rings is 1. The number of hydrogen-bond acceptors (Lipinski definition) is 4. The second kappa shape index (κ2) is 5.99. The van der Waals surface area contributed by atoms with Crippen LogP contribution in [0.5, 0.6) is 0 Å². The van der Waals surface area contributed by atoms with Crippen molar-refractivity contribution in [3.05, 3.63) is 59.2 Å². The third kappa shape index (κ3) is 2.80. The molecule has 0 saturated carbocycles. The van der Waals surface area contributed by atoms with Crippen molar-refractivity contribution < 1.29 is 9.21 Å². The zero-order valence-corrected chi connectivity index (χ0v) is 14.7. The first kappa shape index (κ1) is 15.8. The predicted molar refractivity (Wildman–Crippen MR) is 95.5 cm³/mol. The number of amides is 1. The van der Waals surface area contributed by atoms with Gasteiger partial charge in [-0.05, 0) is 29.2 Å². The lowest BCUT2D eigenvalue weighted by Gasteiger charge is -2.20. The van der Waals surface area contributed by atoms with E-state index in [4.69, 9.17) is 4.42 Å². The van der Waals surface area contributed by atoms with Gasteiger partial charge in [0.25, 0.3) is 5.91 Å². The van der Waals surface area contributed by atoms with Crippen LogP contribution in [0.1, 0.15) is 59.8 Å². The van der Waals surface area contributed by atoms with Gasteiger partial charge in [-0.25, -0.2) is 0 Å². The maximum Gasteiger partial charge on any atom is 0.256 e. The van der Waals surface area contributed by atoms with E-state index in [2.05, 4.69) is 30.7 Å². The van der Waals surface area contributed by atoms with Crippen molar-refractivity contribution in [2.75, 3.05) is 6.54 Å². The van der Waals surface area contributed by atoms with E-state index in [0.717, 1.165) is 33.5 Å². The summed E-state index contributed by atoms with van der Waals surface area (Å²) in [6, 6.07) is 5.86. The molecule has 0 aliphatic carbocycles. The number of nitrogens with zero attached hydrogens (tertiary/aromatic N) is 3. The van der Waals surface area contributed by atoms with Gasteiger partial charge in [0.1, 0.15) is 5.52 Å². The molecule has 3 aromatic heterocycles. The van der Waals surface area contributed by atoms with Crippen LogP contribution in [0.3, 0.4) is 0 Å². The van der Waals surface area contributed by atoms with Crippen LogP contribution in [0.2, 0.25) is 0 Å². The molecule has 0 spiro atoms. The monoisotopic (exact) mass is 335 g/mol. The molecule has 25 heavy (non-hydrogen) atoms. The van der Waals surface area contributed by atoms with Gasteiger partial charge in [0.15, 0.2) is 5.58 Å². The van der Waals surface area contributed by atoms with Gasteiger partial charge in [0, 0.05) is 30.9 Å². The molecule has 1 aliphatic rings. The van der Waals surface area contributed by atoms with E-state index in [0.29, 0.717) is 19.0 Å². The van der Waals surface area contributed by atoms with Gasteiger partial charge < -0.3 is 9.32 Å². The molecule has 0 saturated heterocycles. The average molecular weight is 335 g/mol. The van der Waals surface area contributed by atoms with Crippen molar-refractivity contribution >= 4 is 17.0 Å². The Morgan fingerprint density at radius 3 is 2.76 bits per heavy atom. The summed E-state index contributed by atoms with van der Waals surface area (Å²) in [5.74, 6) is 0.610. The summed E-state index contributed by atoms with van der Waals surface area (Å²) < 4.78 is 5.43. The van der Waals surface area contributed by atoms with Gasteiger partial charge in [0.05, 0.1) is 24.1 Å². The molecule has 1 amide bonds. The van der Waals surface area contributed by atoms with Crippen LogP contribution in [0.25, 0.3) is 11.1 Å². The van der Waals surface area contributed by atoms with Gasteiger partial charge in [-0.3, -0.25) is 14.8 Å². The molecule has 0 fully saturated rings. The maximum absolute atomic E-state index is 12.8. The minimum Gasteiger partial charge on any atom is -0.463 e.